The Balaban J connectivity index is 2.46. The average molecular weight is 411 g/mol. The third-order valence-electron chi connectivity index (χ3n) is 4.82. The lowest BCUT2D eigenvalue weighted by molar-refractivity contribution is 0.167. The molecule has 2 atom stereocenters. The summed E-state index contributed by atoms with van der Waals surface area (Å²) >= 11 is 0. The Bertz CT molecular complexity index is 551. The van der Waals surface area contributed by atoms with Crippen molar-refractivity contribution in [3.63, 3.8) is 0 Å². The number of benzene rings is 1. The Labute approximate surface area is 174 Å². The molecule has 3 nitrogen and oxygen atoms in total. The molecule has 1 aromatic rings. The van der Waals surface area contributed by atoms with Crippen molar-refractivity contribution in [2.24, 2.45) is 11.3 Å². The van der Waals surface area contributed by atoms with Gasteiger partial charge in [-0.05, 0) is 36.3 Å². The van der Waals surface area contributed by atoms with Crippen molar-refractivity contribution >= 4 is 12.9 Å². The number of hydrogen-bond acceptors (Lipinski definition) is 3. The fourth-order valence-electron chi connectivity index (χ4n) is 3.55. The molecule has 1 rings (SSSR count). The standard InChI is InChI=1S/C24H43O3P/c1-6-7-8-9-10-11-12-16-19-26-28(25,23-17-14-13-15-18-23)27-21-22(2)20-24(3,4)5/h13-15,17-18,22H,6-12,16,19-21H2,1-5H3. The fourth-order valence-corrected chi connectivity index (χ4v) is 5.28. The van der Waals surface area contributed by atoms with Crippen molar-refractivity contribution < 1.29 is 13.6 Å². The minimum absolute atomic E-state index is 0.234. The van der Waals surface area contributed by atoms with Gasteiger partial charge < -0.3 is 9.05 Å². The zero-order valence-electron chi connectivity index (χ0n) is 18.9. The first kappa shape index (κ1) is 25.4. The van der Waals surface area contributed by atoms with E-state index in [0.29, 0.717) is 24.4 Å². The highest BCUT2D eigenvalue weighted by atomic mass is 31.2. The summed E-state index contributed by atoms with van der Waals surface area (Å²) in [5, 5.41) is 0.664. The predicted molar refractivity (Wildman–Crippen MR) is 121 cm³/mol. The first-order chi connectivity index (χ1) is 13.3. The smallest absolute Gasteiger partial charge is 0.305 e. The molecular weight excluding hydrogens is 367 g/mol. The molecule has 28 heavy (non-hydrogen) atoms. The van der Waals surface area contributed by atoms with E-state index in [1.807, 2.05) is 30.3 Å². The van der Waals surface area contributed by atoms with Crippen LogP contribution in [0.5, 0.6) is 0 Å². The van der Waals surface area contributed by atoms with Crippen molar-refractivity contribution in [2.45, 2.75) is 92.4 Å². The molecule has 0 fully saturated rings. The van der Waals surface area contributed by atoms with E-state index in [4.69, 9.17) is 9.05 Å². The minimum atomic E-state index is -3.26. The summed E-state index contributed by atoms with van der Waals surface area (Å²) in [6.07, 6.45) is 10.9. The van der Waals surface area contributed by atoms with Gasteiger partial charge in [0.1, 0.15) is 0 Å². The fraction of sp³-hybridized carbons (Fsp3) is 0.750. The molecule has 0 amide bonds. The van der Waals surface area contributed by atoms with Crippen molar-refractivity contribution in [3.8, 4) is 0 Å². The van der Waals surface area contributed by atoms with Crippen LogP contribution in [0.2, 0.25) is 0 Å². The Kier molecular flexibility index (Phi) is 12.3. The van der Waals surface area contributed by atoms with Crippen LogP contribution in [0.15, 0.2) is 30.3 Å². The molecule has 0 heterocycles. The molecule has 2 unspecified atom stereocenters. The van der Waals surface area contributed by atoms with Crippen LogP contribution in [0.3, 0.4) is 0 Å². The van der Waals surface area contributed by atoms with Crippen LogP contribution < -0.4 is 5.30 Å². The molecule has 162 valence electrons. The van der Waals surface area contributed by atoms with E-state index in [2.05, 4.69) is 34.6 Å². The molecule has 0 bridgehead atoms. The maximum absolute atomic E-state index is 13.4. The van der Waals surface area contributed by atoms with Gasteiger partial charge in [0.25, 0.3) is 0 Å². The second kappa shape index (κ2) is 13.6. The summed E-state index contributed by atoms with van der Waals surface area (Å²) in [6.45, 7) is 12.0. The van der Waals surface area contributed by atoms with Crippen LogP contribution in [0.25, 0.3) is 0 Å². The summed E-state index contributed by atoms with van der Waals surface area (Å²) in [4.78, 5) is 0. The quantitative estimate of drug-likeness (QED) is 0.219. The van der Waals surface area contributed by atoms with Crippen LogP contribution in [0.4, 0.5) is 0 Å². The van der Waals surface area contributed by atoms with Crippen LogP contribution >= 0.6 is 7.60 Å². The Hall–Kier alpha value is -0.630. The van der Waals surface area contributed by atoms with Gasteiger partial charge in [0.05, 0.1) is 18.5 Å². The first-order valence-electron chi connectivity index (χ1n) is 11.2. The number of rotatable bonds is 15. The first-order valence-corrected chi connectivity index (χ1v) is 12.8. The highest BCUT2D eigenvalue weighted by molar-refractivity contribution is 7.62. The van der Waals surface area contributed by atoms with Gasteiger partial charge in [0, 0.05) is 0 Å². The molecule has 0 saturated carbocycles. The largest absolute Gasteiger partial charge is 0.361 e. The maximum atomic E-state index is 13.4. The van der Waals surface area contributed by atoms with E-state index in [1.165, 1.54) is 38.5 Å². The van der Waals surface area contributed by atoms with Crippen molar-refractivity contribution in [1.82, 2.24) is 0 Å². The van der Waals surface area contributed by atoms with E-state index < -0.39 is 7.60 Å². The van der Waals surface area contributed by atoms with Gasteiger partial charge in [0.15, 0.2) is 0 Å². The van der Waals surface area contributed by atoms with E-state index in [9.17, 15) is 4.57 Å². The summed E-state index contributed by atoms with van der Waals surface area (Å²) in [7, 11) is -3.26. The molecule has 0 aliphatic carbocycles. The van der Waals surface area contributed by atoms with Crippen LogP contribution in [-0.4, -0.2) is 13.2 Å². The predicted octanol–water partition coefficient (Wildman–Crippen LogP) is 7.75. The monoisotopic (exact) mass is 410 g/mol. The summed E-state index contributed by atoms with van der Waals surface area (Å²) in [5.74, 6) is 0.337. The van der Waals surface area contributed by atoms with Gasteiger partial charge in [-0.1, -0.05) is 97.8 Å². The van der Waals surface area contributed by atoms with E-state index in [-0.39, 0.29) is 5.41 Å². The van der Waals surface area contributed by atoms with Gasteiger partial charge in [-0.15, -0.1) is 0 Å². The van der Waals surface area contributed by atoms with E-state index >= 15 is 0 Å². The average Bonchev–Trinajstić information content (AvgIpc) is 2.64. The zero-order chi connectivity index (χ0) is 20.9. The SMILES string of the molecule is CCCCCCCCCCOP(=O)(OCC(C)CC(C)(C)C)c1ccccc1. The number of unbranched alkanes of at least 4 members (excludes halogenated alkanes) is 7. The zero-order valence-corrected chi connectivity index (χ0v) is 19.8. The summed E-state index contributed by atoms with van der Waals surface area (Å²) in [6, 6.07) is 9.41. The second-order valence-corrected chi connectivity index (χ2v) is 11.3. The molecule has 0 aromatic heterocycles. The molecular formula is C24H43O3P. The normalized spacial score (nSPS) is 15.3. The van der Waals surface area contributed by atoms with E-state index in [1.54, 1.807) is 0 Å². The molecule has 0 N–H and O–H groups in total. The lowest BCUT2D eigenvalue weighted by Gasteiger charge is -2.25. The third-order valence-corrected chi connectivity index (χ3v) is 6.76. The molecule has 0 aliphatic heterocycles. The Morgan fingerprint density at radius 2 is 1.46 bits per heavy atom. The molecule has 1 aromatic carbocycles. The van der Waals surface area contributed by atoms with Crippen LogP contribution in [0.1, 0.15) is 92.4 Å². The molecule has 0 radical (unpaired) electrons. The van der Waals surface area contributed by atoms with Gasteiger partial charge in [-0.25, -0.2) is 0 Å². The molecule has 4 heteroatoms. The Morgan fingerprint density at radius 3 is 2.04 bits per heavy atom. The number of hydrogen-bond donors (Lipinski definition) is 0. The van der Waals surface area contributed by atoms with Crippen molar-refractivity contribution in [2.75, 3.05) is 13.2 Å². The van der Waals surface area contributed by atoms with Crippen molar-refractivity contribution in [3.05, 3.63) is 30.3 Å². The molecule has 0 aliphatic rings. The maximum Gasteiger partial charge on any atom is 0.361 e. The summed E-state index contributed by atoms with van der Waals surface area (Å²) < 4.78 is 25.3. The third kappa shape index (κ3) is 11.4. The van der Waals surface area contributed by atoms with Gasteiger partial charge in [0.2, 0.25) is 0 Å². The lowest BCUT2D eigenvalue weighted by atomic mass is 9.86. The molecule has 0 spiro atoms. The van der Waals surface area contributed by atoms with Crippen LogP contribution in [0, 0.1) is 11.3 Å². The van der Waals surface area contributed by atoms with E-state index in [0.717, 1.165) is 19.3 Å². The van der Waals surface area contributed by atoms with Gasteiger partial charge >= 0.3 is 7.60 Å². The minimum Gasteiger partial charge on any atom is -0.305 e. The highest BCUT2D eigenvalue weighted by Crippen LogP contribution is 2.48. The highest BCUT2D eigenvalue weighted by Gasteiger charge is 2.28. The van der Waals surface area contributed by atoms with Gasteiger partial charge in [-0.3, -0.25) is 4.57 Å². The van der Waals surface area contributed by atoms with Crippen molar-refractivity contribution in [1.29, 1.82) is 0 Å². The lowest BCUT2D eigenvalue weighted by Crippen LogP contribution is -2.18. The van der Waals surface area contributed by atoms with Crippen LogP contribution in [-0.2, 0) is 13.6 Å². The topological polar surface area (TPSA) is 35.5 Å². The summed E-state index contributed by atoms with van der Waals surface area (Å²) in [5.41, 5.74) is 0.234. The Morgan fingerprint density at radius 1 is 0.893 bits per heavy atom. The molecule has 0 saturated heterocycles. The van der Waals surface area contributed by atoms with Gasteiger partial charge in [-0.2, -0.15) is 0 Å². The second-order valence-electron chi connectivity index (χ2n) is 9.31.